The molecule has 2 fully saturated rings. The Bertz CT molecular complexity index is 1030. The number of rotatable bonds is 6. The van der Waals surface area contributed by atoms with Crippen LogP contribution >= 0.6 is 0 Å². The predicted octanol–water partition coefficient (Wildman–Crippen LogP) is 4.10. The average molecular weight is 416 g/mol. The van der Waals surface area contributed by atoms with Gasteiger partial charge in [0.2, 0.25) is 0 Å². The standard InChI is InChI=1S/C24H29N7/c1-18-14-23(29-28-18)26-22-15-24(31-16-20(17-31)30-12-6-3-7-13-30)27-21(25-22)11-10-19-8-4-2-5-9-19/h2,4-5,8-11,14-15,20H,3,6-7,12-13,16-17H2,1H3,(H2,25,26,27,28,29). The first-order valence-corrected chi connectivity index (χ1v) is 11.1. The average Bonchev–Trinajstić information content (AvgIpc) is 3.17. The van der Waals surface area contributed by atoms with Crippen molar-refractivity contribution in [2.24, 2.45) is 0 Å². The summed E-state index contributed by atoms with van der Waals surface area (Å²) >= 11 is 0. The molecule has 7 nitrogen and oxygen atoms in total. The molecule has 31 heavy (non-hydrogen) atoms. The number of benzene rings is 1. The van der Waals surface area contributed by atoms with Gasteiger partial charge in [-0.05, 0) is 44.5 Å². The van der Waals surface area contributed by atoms with Crippen LogP contribution in [-0.4, -0.2) is 57.3 Å². The molecule has 2 saturated heterocycles. The summed E-state index contributed by atoms with van der Waals surface area (Å²) in [5.74, 6) is 3.17. The van der Waals surface area contributed by atoms with Crippen LogP contribution in [0, 0.1) is 6.92 Å². The third kappa shape index (κ3) is 4.77. The van der Waals surface area contributed by atoms with E-state index in [0.29, 0.717) is 11.9 Å². The summed E-state index contributed by atoms with van der Waals surface area (Å²) < 4.78 is 0. The van der Waals surface area contributed by atoms with Crippen molar-refractivity contribution in [2.45, 2.75) is 32.2 Å². The van der Waals surface area contributed by atoms with Gasteiger partial charge in [0.05, 0.1) is 0 Å². The lowest BCUT2D eigenvalue weighted by atomic mass is 10.0. The number of anilines is 3. The van der Waals surface area contributed by atoms with Crippen molar-refractivity contribution in [3.8, 4) is 0 Å². The van der Waals surface area contributed by atoms with Crippen LogP contribution in [0.25, 0.3) is 12.2 Å². The molecule has 7 heteroatoms. The molecule has 5 rings (SSSR count). The zero-order valence-corrected chi connectivity index (χ0v) is 18.0. The molecule has 0 spiro atoms. The molecular weight excluding hydrogens is 386 g/mol. The lowest BCUT2D eigenvalue weighted by Crippen LogP contribution is -2.60. The first kappa shape index (κ1) is 19.8. The van der Waals surface area contributed by atoms with Crippen LogP contribution in [0.1, 0.15) is 36.3 Å². The van der Waals surface area contributed by atoms with E-state index in [9.17, 15) is 0 Å². The van der Waals surface area contributed by atoms with Gasteiger partial charge in [-0.1, -0.05) is 42.8 Å². The number of piperidine rings is 1. The second-order valence-corrected chi connectivity index (χ2v) is 8.43. The monoisotopic (exact) mass is 415 g/mol. The van der Waals surface area contributed by atoms with E-state index in [4.69, 9.17) is 9.97 Å². The van der Waals surface area contributed by atoms with Gasteiger partial charge in [0, 0.05) is 37.0 Å². The fraction of sp³-hybridized carbons (Fsp3) is 0.375. The molecule has 4 heterocycles. The number of nitrogens with zero attached hydrogens (tertiary/aromatic N) is 5. The Morgan fingerprint density at radius 2 is 1.77 bits per heavy atom. The van der Waals surface area contributed by atoms with E-state index >= 15 is 0 Å². The van der Waals surface area contributed by atoms with Crippen LogP contribution in [-0.2, 0) is 0 Å². The van der Waals surface area contributed by atoms with Crippen LogP contribution in [0.4, 0.5) is 17.5 Å². The minimum absolute atomic E-state index is 0.643. The fourth-order valence-electron chi connectivity index (χ4n) is 4.26. The second-order valence-electron chi connectivity index (χ2n) is 8.43. The Morgan fingerprint density at radius 1 is 0.968 bits per heavy atom. The molecule has 0 atom stereocenters. The maximum Gasteiger partial charge on any atom is 0.156 e. The second kappa shape index (κ2) is 8.89. The summed E-state index contributed by atoms with van der Waals surface area (Å²) in [6.45, 7) is 6.51. The van der Waals surface area contributed by atoms with Crippen molar-refractivity contribution in [2.75, 3.05) is 36.4 Å². The lowest BCUT2D eigenvalue weighted by molar-refractivity contribution is 0.138. The van der Waals surface area contributed by atoms with E-state index in [2.05, 4.69) is 37.4 Å². The molecule has 2 N–H and O–H groups in total. The summed E-state index contributed by atoms with van der Waals surface area (Å²) in [5, 5.41) is 10.6. The van der Waals surface area contributed by atoms with Gasteiger partial charge in [-0.2, -0.15) is 5.10 Å². The van der Waals surface area contributed by atoms with Gasteiger partial charge in [-0.3, -0.25) is 10.00 Å². The largest absolute Gasteiger partial charge is 0.353 e. The Balaban J connectivity index is 1.36. The zero-order valence-electron chi connectivity index (χ0n) is 18.0. The minimum atomic E-state index is 0.643. The lowest BCUT2D eigenvalue weighted by Gasteiger charge is -2.47. The van der Waals surface area contributed by atoms with Crippen molar-refractivity contribution in [1.82, 2.24) is 25.1 Å². The number of likely N-dealkylation sites (tertiary alicyclic amines) is 1. The molecular formula is C24H29N7. The zero-order chi connectivity index (χ0) is 21.0. The number of nitrogens with one attached hydrogen (secondary N) is 2. The van der Waals surface area contributed by atoms with Gasteiger partial charge in [0.25, 0.3) is 0 Å². The molecule has 0 aliphatic carbocycles. The van der Waals surface area contributed by atoms with Crippen molar-refractivity contribution >= 4 is 29.6 Å². The van der Waals surface area contributed by atoms with Crippen LogP contribution < -0.4 is 10.2 Å². The highest BCUT2D eigenvalue weighted by atomic mass is 15.3. The molecule has 0 bridgehead atoms. The van der Waals surface area contributed by atoms with Crippen molar-refractivity contribution in [3.05, 3.63) is 59.5 Å². The quantitative estimate of drug-likeness (QED) is 0.632. The molecule has 3 aromatic rings. The third-order valence-corrected chi connectivity index (χ3v) is 6.01. The summed E-state index contributed by atoms with van der Waals surface area (Å²) in [6, 6.07) is 14.9. The number of hydrogen-bond donors (Lipinski definition) is 2. The number of aromatic nitrogens is 4. The van der Waals surface area contributed by atoms with Gasteiger partial charge >= 0.3 is 0 Å². The molecule has 0 radical (unpaired) electrons. The number of hydrogen-bond acceptors (Lipinski definition) is 6. The van der Waals surface area contributed by atoms with E-state index in [-0.39, 0.29) is 0 Å². The predicted molar refractivity (Wildman–Crippen MR) is 125 cm³/mol. The maximum absolute atomic E-state index is 4.84. The molecule has 0 amide bonds. The highest BCUT2D eigenvalue weighted by Crippen LogP contribution is 2.27. The fourth-order valence-corrected chi connectivity index (χ4v) is 4.26. The number of aryl methyl sites for hydroxylation is 1. The highest BCUT2D eigenvalue weighted by Gasteiger charge is 2.33. The van der Waals surface area contributed by atoms with E-state index in [1.165, 1.54) is 32.4 Å². The van der Waals surface area contributed by atoms with Crippen LogP contribution in [0.3, 0.4) is 0 Å². The first-order chi connectivity index (χ1) is 15.2. The first-order valence-electron chi connectivity index (χ1n) is 11.1. The van der Waals surface area contributed by atoms with E-state index in [1.807, 2.05) is 49.4 Å². The van der Waals surface area contributed by atoms with Crippen LogP contribution in [0.5, 0.6) is 0 Å². The van der Waals surface area contributed by atoms with E-state index < -0.39 is 0 Å². The van der Waals surface area contributed by atoms with Gasteiger partial charge in [-0.15, -0.1) is 0 Å². The van der Waals surface area contributed by atoms with Gasteiger partial charge in [-0.25, -0.2) is 9.97 Å². The Kier molecular flexibility index (Phi) is 5.67. The highest BCUT2D eigenvalue weighted by molar-refractivity contribution is 5.69. The third-order valence-electron chi connectivity index (χ3n) is 6.01. The van der Waals surface area contributed by atoms with Gasteiger partial charge in [0.15, 0.2) is 11.6 Å². The Hall–Kier alpha value is -3.19. The van der Waals surface area contributed by atoms with Crippen molar-refractivity contribution in [1.29, 1.82) is 0 Å². The summed E-state index contributed by atoms with van der Waals surface area (Å²) in [4.78, 5) is 14.5. The Labute approximate surface area is 183 Å². The Morgan fingerprint density at radius 3 is 2.52 bits per heavy atom. The molecule has 0 unspecified atom stereocenters. The van der Waals surface area contributed by atoms with Crippen molar-refractivity contribution < 1.29 is 0 Å². The maximum atomic E-state index is 4.84. The summed E-state index contributed by atoms with van der Waals surface area (Å²) in [7, 11) is 0. The molecule has 2 aliphatic heterocycles. The molecule has 1 aromatic carbocycles. The van der Waals surface area contributed by atoms with E-state index in [1.54, 1.807) is 0 Å². The molecule has 2 aromatic heterocycles. The van der Waals surface area contributed by atoms with Gasteiger partial charge < -0.3 is 10.2 Å². The normalized spacial score (nSPS) is 17.8. The number of H-pyrrole nitrogens is 1. The summed E-state index contributed by atoms with van der Waals surface area (Å²) in [5.41, 5.74) is 2.14. The van der Waals surface area contributed by atoms with Crippen LogP contribution in [0.15, 0.2) is 42.5 Å². The smallest absolute Gasteiger partial charge is 0.156 e. The van der Waals surface area contributed by atoms with Crippen molar-refractivity contribution in [3.63, 3.8) is 0 Å². The van der Waals surface area contributed by atoms with E-state index in [0.717, 1.165) is 41.8 Å². The minimum Gasteiger partial charge on any atom is -0.353 e. The number of aromatic amines is 1. The van der Waals surface area contributed by atoms with Gasteiger partial charge in [0.1, 0.15) is 11.6 Å². The topological polar surface area (TPSA) is 73.0 Å². The molecule has 2 aliphatic rings. The summed E-state index contributed by atoms with van der Waals surface area (Å²) in [6.07, 6.45) is 8.05. The molecule has 0 saturated carbocycles. The molecule has 160 valence electrons. The van der Waals surface area contributed by atoms with Crippen LogP contribution in [0.2, 0.25) is 0 Å². The SMILES string of the molecule is Cc1cc(Nc2cc(N3CC(N4CCCCC4)C3)nc(C=Cc3ccccc3)n2)n[nH]1.